The second-order valence-corrected chi connectivity index (χ2v) is 6.79. The Morgan fingerprint density at radius 1 is 1.35 bits per heavy atom. The number of halogens is 1. The zero-order valence-corrected chi connectivity index (χ0v) is 14.5. The minimum atomic E-state index is -0.00933. The van der Waals surface area contributed by atoms with E-state index in [4.69, 9.17) is 16.7 Å². The number of nitrogens with zero attached hydrogens (tertiary/aromatic N) is 2. The highest BCUT2D eigenvalue weighted by atomic mass is 35.5. The Hall–Kier alpha value is -1.14. The van der Waals surface area contributed by atoms with Gasteiger partial charge in [-0.15, -0.1) is 0 Å². The fourth-order valence-electron chi connectivity index (χ4n) is 3.22. The molecule has 128 valence electrons. The number of likely N-dealkylation sites (tertiary alicyclic amines) is 1. The van der Waals surface area contributed by atoms with Crippen molar-refractivity contribution in [3.8, 4) is 0 Å². The van der Waals surface area contributed by atoms with E-state index in [1.165, 1.54) is 0 Å². The third-order valence-corrected chi connectivity index (χ3v) is 4.78. The van der Waals surface area contributed by atoms with E-state index < -0.39 is 0 Å². The van der Waals surface area contributed by atoms with Crippen molar-refractivity contribution < 1.29 is 15.0 Å². The maximum atomic E-state index is 12.7. The number of benzene rings is 1. The lowest BCUT2D eigenvalue weighted by molar-refractivity contribution is 0.0778. The molecule has 1 aromatic rings. The van der Waals surface area contributed by atoms with Crippen molar-refractivity contribution in [3.05, 3.63) is 34.3 Å². The molecule has 23 heavy (non-hydrogen) atoms. The van der Waals surface area contributed by atoms with Gasteiger partial charge < -0.3 is 20.0 Å². The van der Waals surface area contributed by atoms with E-state index in [9.17, 15) is 9.90 Å². The van der Waals surface area contributed by atoms with Gasteiger partial charge in [-0.05, 0) is 43.7 Å². The van der Waals surface area contributed by atoms with Crippen LogP contribution in [0.5, 0.6) is 0 Å². The lowest BCUT2D eigenvalue weighted by Crippen LogP contribution is -2.33. The Labute approximate surface area is 142 Å². The highest BCUT2D eigenvalue weighted by Crippen LogP contribution is 2.26. The Bertz CT molecular complexity index is 553. The van der Waals surface area contributed by atoms with Gasteiger partial charge in [-0.2, -0.15) is 0 Å². The molecule has 1 aliphatic heterocycles. The normalized spacial score (nSPS) is 21.2. The fourth-order valence-corrected chi connectivity index (χ4v) is 3.44. The van der Waals surface area contributed by atoms with Crippen LogP contribution in [0.3, 0.4) is 0 Å². The highest BCUT2D eigenvalue weighted by molar-refractivity contribution is 6.30. The standard InChI is InChI=1S/C17H25ClN2O3/c1-12-7-15(18)3-4-16(12)17(23)20-9-13(14(10-20)11-22)8-19(2)5-6-21/h3-4,7,13-14,21-22H,5-6,8-11H2,1-2H3/t13-,14-/m1/s1. The Kier molecular flexibility index (Phi) is 6.41. The van der Waals surface area contributed by atoms with Crippen molar-refractivity contribution in [1.29, 1.82) is 0 Å². The summed E-state index contributed by atoms with van der Waals surface area (Å²) in [4.78, 5) is 16.6. The molecule has 0 radical (unpaired) electrons. The van der Waals surface area contributed by atoms with Crippen molar-refractivity contribution in [2.24, 2.45) is 11.8 Å². The molecule has 0 saturated carbocycles. The molecule has 0 unspecified atom stereocenters. The summed E-state index contributed by atoms with van der Waals surface area (Å²) in [6.07, 6.45) is 0. The molecule has 1 saturated heterocycles. The molecule has 1 heterocycles. The zero-order valence-electron chi connectivity index (χ0n) is 13.7. The van der Waals surface area contributed by atoms with Crippen LogP contribution in [0, 0.1) is 18.8 Å². The number of amides is 1. The molecular weight excluding hydrogens is 316 g/mol. The van der Waals surface area contributed by atoms with Crippen molar-refractivity contribution in [1.82, 2.24) is 9.80 Å². The summed E-state index contributed by atoms with van der Waals surface area (Å²) in [5.74, 6) is 0.283. The molecule has 5 nitrogen and oxygen atoms in total. The lowest BCUT2D eigenvalue weighted by atomic mass is 9.96. The van der Waals surface area contributed by atoms with Gasteiger partial charge in [0, 0.05) is 49.3 Å². The second-order valence-electron chi connectivity index (χ2n) is 6.36. The highest BCUT2D eigenvalue weighted by Gasteiger charge is 2.35. The van der Waals surface area contributed by atoms with Crippen molar-refractivity contribution >= 4 is 17.5 Å². The lowest BCUT2D eigenvalue weighted by Gasteiger charge is -2.23. The maximum Gasteiger partial charge on any atom is 0.254 e. The largest absolute Gasteiger partial charge is 0.396 e. The van der Waals surface area contributed by atoms with Gasteiger partial charge in [0.25, 0.3) is 5.91 Å². The van der Waals surface area contributed by atoms with E-state index in [2.05, 4.69) is 0 Å². The van der Waals surface area contributed by atoms with Crippen LogP contribution in [0.25, 0.3) is 0 Å². The molecular formula is C17H25ClN2O3. The number of aliphatic hydroxyl groups is 2. The van der Waals surface area contributed by atoms with Gasteiger partial charge in [0.05, 0.1) is 6.61 Å². The molecule has 0 bridgehead atoms. The molecule has 0 aromatic heterocycles. The Morgan fingerprint density at radius 3 is 2.65 bits per heavy atom. The predicted octanol–water partition coefficient (Wildman–Crippen LogP) is 1.25. The molecule has 1 amide bonds. The maximum absolute atomic E-state index is 12.7. The first-order chi connectivity index (χ1) is 11.0. The summed E-state index contributed by atoms with van der Waals surface area (Å²) < 4.78 is 0. The SMILES string of the molecule is Cc1cc(Cl)ccc1C(=O)N1C[C@@H](CN(C)CCO)[C@@H](CO)C1. The first kappa shape index (κ1) is 18.2. The fraction of sp³-hybridized carbons (Fsp3) is 0.588. The van der Waals surface area contributed by atoms with Crippen LogP contribution in [0.2, 0.25) is 5.02 Å². The van der Waals surface area contributed by atoms with E-state index in [0.29, 0.717) is 30.2 Å². The third kappa shape index (κ3) is 4.44. The quantitative estimate of drug-likeness (QED) is 0.818. The van der Waals surface area contributed by atoms with E-state index in [1.54, 1.807) is 18.2 Å². The monoisotopic (exact) mass is 340 g/mol. The molecule has 2 rings (SSSR count). The molecule has 0 spiro atoms. The molecule has 0 aliphatic carbocycles. The van der Waals surface area contributed by atoms with Crippen LogP contribution in [0.15, 0.2) is 18.2 Å². The summed E-state index contributed by atoms with van der Waals surface area (Å²) in [5, 5.41) is 19.2. The van der Waals surface area contributed by atoms with Crippen LogP contribution < -0.4 is 0 Å². The van der Waals surface area contributed by atoms with Crippen LogP contribution in [-0.4, -0.2) is 72.4 Å². The van der Waals surface area contributed by atoms with Crippen LogP contribution in [0.1, 0.15) is 15.9 Å². The summed E-state index contributed by atoms with van der Waals surface area (Å²) in [5.41, 5.74) is 1.53. The van der Waals surface area contributed by atoms with E-state index in [1.807, 2.05) is 23.8 Å². The van der Waals surface area contributed by atoms with E-state index in [-0.39, 0.29) is 31.0 Å². The number of carbonyl (C=O) groups excluding carboxylic acids is 1. The number of likely N-dealkylation sites (N-methyl/N-ethyl adjacent to an activating group) is 1. The van der Waals surface area contributed by atoms with Crippen molar-refractivity contribution in [2.45, 2.75) is 6.92 Å². The Morgan fingerprint density at radius 2 is 2.04 bits per heavy atom. The summed E-state index contributed by atoms with van der Waals surface area (Å²) in [7, 11) is 1.94. The second kappa shape index (κ2) is 8.11. The van der Waals surface area contributed by atoms with E-state index >= 15 is 0 Å². The Balaban J connectivity index is 2.07. The first-order valence-corrected chi connectivity index (χ1v) is 8.29. The van der Waals surface area contributed by atoms with Gasteiger partial charge in [-0.1, -0.05) is 11.6 Å². The van der Waals surface area contributed by atoms with Gasteiger partial charge >= 0.3 is 0 Å². The van der Waals surface area contributed by atoms with Crippen LogP contribution in [-0.2, 0) is 0 Å². The molecule has 1 fully saturated rings. The van der Waals surface area contributed by atoms with Crippen molar-refractivity contribution in [2.75, 3.05) is 46.4 Å². The zero-order chi connectivity index (χ0) is 17.0. The molecule has 2 atom stereocenters. The minimum absolute atomic E-state index is 0.00933. The van der Waals surface area contributed by atoms with Gasteiger partial charge in [-0.25, -0.2) is 0 Å². The number of hydrogen-bond acceptors (Lipinski definition) is 4. The first-order valence-electron chi connectivity index (χ1n) is 7.92. The van der Waals surface area contributed by atoms with Crippen molar-refractivity contribution in [3.63, 3.8) is 0 Å². The molecule has 1 aliphatic rings. The summed E-state index contributed by atoms with van der Waals surface area (Å²) in [6.45, 7) is 4.61. The topological polar surface area (TPSA) is 64.0 Å². The molecule has 1 aromatic carbocycles. The summed E-state index contributed by atoms with van der Waals surface area (Å²) in [6, 6.07) is 5.29. The summed E-state index contributed by atoms with van der Waals surface area (Å²) >= 11 is 5.95. The number of rotatable bonds is 6. The van der Waals surface area contributed by atoms with Gasteiger partial charge in [0.15, 0.2) is 0 Å². The van der Waals surface area contributed by atoms with Gasteiger partial charge in [0.1, 0.15) is 0 Å². The smallest absolute Gasteiger partial charge is 0.254 e. The minimum Gasteiger partial charge on any atom is -0.396 e. The van der Waals surface area contributed by atoms with Crippen LogP contribution in [0.4, 0.5) is 0 Å². The number of aliphatic hydroxyl groups excluding tert-OH is 2. The average molecular weight is 341 g/mol. The van der Waals surface area contributed by atoms with Crippen LogP contribution >= 0.6 is 11.6 Å². The van der Waals surface area contributed by atoms with Gasteiger partial charge in [-0.3, -0.25) is 4.79 Å². The molecule has 2 N–H and O–H groups in total. The number of hydrogen-bond donors (Lipinski definition) is 2. The number of carbonyl (C=O) groups is 1. The molecule has 6 heteroatoms. The van der Waals surface area contributed by atoms with Gasteiger partial charge in [0.2, 0.25) is 0 Å². The van der Waals surface area contributed by atoms with E-state index in [0.717, 1.165) is 12.1 Å². The average Bonchev–Trinajstić information content (AvgIpc) is 2.89. The third-order valence-electron chi connectivity index (χ3n) is 4.54. The predicted molar refractivity (Wildman–Crippen MR) is 90.7 cm³/mol. The number of aryl methyl sites for hydroxylation is 1.